The van der Waals surface area contributed by atoms with Crippen molar-refractivity contribution in [3.63, 3.8) is 0 Å². The molecule has 0 spiro atoms. The van der Waals surface area contributed by atoms with E-state index in [0.717, 1.165) is 5.56 Å². The Morgan fingerprint density at radius 2 is 2.19 bits per heavy atom. The Balaban J connectivity index is 2.07. The van der Waals surface area contributed by atoms with Gasteiger partial charge in [0, 0.05) is 0 Å². The zero-order chi connectivity index (χ0) is 11.5. The fourth-order valence-electron chi connectivity index (χ4n) is 1.26. The van der Waals surface area contributed by atoms with Crippen molar-refractivity contribution in [2.24, 2.45) is 0 Å². The lowest BCUT2D eigenvalue weighted by Crippen LogP contribution is -1.98. The third-order valence-corrected chi connectivity index (χ3v) is 2.01. The van der Waals surface area contributed by atoms with Crippen LogP contribution in [0.15, 0.2) is 22.7 Å². The van der Waals surface area contributed by atoms with E-state index in [1.165, 1.54) is 6.07 Å². The van der Waals surface area contributed by atoms with Gasteiger partial charge in [-0.25, -0.2) is 4.39 Å². The van der Waals surface area contributed by atoms with Gasteiger partial charge in [-0.1, -0.05) is 11.2 Å². The van der Waals surface area contributed by atoms with Crippen LogP contribution in [0.3, 0.4) is 0 Å². The maximum absolute atomic E-state index is 13.3. The number of aromatic nitrogens is 2. The summed E-state index contributed by atoms with van der Waals surface area (Å²) in [5.41, 5.74) is 0.929. The van der Waals surface area contributed by atoms with Gasteiger partial charge in [0.1, 0.15) is 0 Å². The lowest BCUT2D eigenvalue weighted by Gasteiger charge is -2.05. The standard InChI is InChI=1S/C11H11FN2O2/c1-7-3-4-9(12)10(5-7)15-6-11-13-8(2)14-16-11/h3-5H,6H2,1-2H3. The van der Waals surface area contributed by atoms with Crippen molar-refractivity contribution in [3.8, 4) is 5.75 Å². The van der Waals surface area contributed by atoms with Gasteiger partial charge >= 0.3 is 0 Å². The fraction of sp³-hybridized carbons (Fsp3) is 0.273. The van der Waals surface area contributed by atoms with E-state index in [4.69, 9.17) is 9.26 Å². The maximum atomic E-state index is 13.3. The Morgan fingerprint density at radius 3 is 2.88 bits per heavy atom. The quantitative estimate of drug-likeness (QED) is 0.800. The van der Waals surface area contributed by atoms with Crippen LogP contribution in [0.5, 0.6) is 5.75 Å². The summed E-state index contributed by atoms with van der Waals surface area (Å²) in [5, 5.41) is 3.61. The van der Waals surface area contributed by atoms with E-state index in [1.54, 1.807) is 19.1 Å². The summed E-state index contributed by atoms with van der Waals surface area (Å²) >= 11 is 0. The average Bonchev–Trinajstić information content (AvgIpc) is 2.66. The molecule has 1 heterocycles. The Morgan fingerprint density at radius 1 is 1.38 bits per heavy atom. The third-order valence-electron chi connectivity index (χ3n) is 2.01. The van der Waals surface area contributed by atoms with Crippen molar-refractivity contribution in [1.82, 2.24) is 10.1 Å². The van der Waals surface area contributed by atoms with Gasteiger partial charge in [-0.3, -0.25) is 0 Å². The molecular weight excluding hydrogens is 211 g/mol. The van der Waals surface area contributed by atoms with E-state index in [1.807, 2.05) is 6.92 Å². The van der Waals surface area contributed by atoms with Crippen LogP contribution in [0.4, 0.5) is 4.39 Å². The van der Waals surface area contributed by atoms with Gasteiger partial charge in [-0.15, -0.1) is 0 Å². The first-order chi connectivity index (χ1) is 7.65. The number of halogens is 1. The van der Waals surface area contributed by atoms with Gasteiger partial charge in [0.2, 0.25) is 0 Å². The van der Waals surface area contributed by atoms with Gasteiger partial charge in [0.15, 0.2) is 24.0 Å². The summed E-state index contributed by atoms with van der Waals surface area (Å²) in [7, 11) is 0. The highest BCUT2D eigenvalue weighted by molar-refractivity contribution is 5.29. The number of hydrogen-bond acceptors (Lipinski definition) is 4. The van der Waals surface area contributed by atoms with Crippen LogP contribution in [0, 0.1) is 19.7 Å². The van der Waals surface area contributed by atoms with Crippen LogP contribution < -0.4 is 4.74 Å². The molecule has 1 aromatic carbocycles. The lowest BCUT2D eigenvalue weighted by molar-refractivity contribution is 0.234. The molecule has 84 valence electrons. The van der Waals surface area contributed by atoms with Gasteiger partial charge in [0.25, 0.3) is 5.89 Å². The molecule has 0 atom stereocenters. The average molecular weight is 222 g/mol. The first-order valence-corrected chi connectivity index (χ1v) is 4.83. The number of nitrogens with zero attached hydrogens (tertiary/aromatic N) is 2. The first-order valence-electron chi connectivity index (χ1n) is 4.83. The van der Waals surface area contributed by atoms with Gasteiger partial charge < -0.3 is 9.26 Å². The van der Waals surface area contributed by atoms with Crippen molar-refractivity contribution in [2.45, 2.75) is 20.5 Å². The molecule has 0 bridgehead atoms. The fourth-order valence-corrected chi connectivity index (χ4v) is 1.26. The van der Waals surface area contributed by atoms with Crippen molar-refractivity contribution in [3.05, 3.63) is 41.3 Å². The molecular formula is C11H11FN2O2. The van der Waals surface area contributed by atoms with Gasteiger partial charge in [-0.05, 0) is 31.5 Å². The molecule has 0 radical (unpaired) electrons. The van der Waals surface area contributed by atoms with Gasteiger partial charge in [0.05, 0.1) is 0 Å². The Kier molecular flexibility index (Phi) is 2.85. The minimum Gasteiger partial charge on any atom is -0.481 e. The molecule has 0 aliphatic carbocycles. The molecule has 4 nitrogen and oxygen atoms in total. The van der Waals surface area contributed by atoms with Crippen LogP contribution in [0.1, 0.15) is 17.3 Å². The molecule has 16 heavy (non-hydrogen) atoms. The Hall–Kier alpha value is -1.91. The highest BCUT2D eigenvalue weighted by atomic mass is 19.1. The third kappa shape index (κ3) is 2.36. The molecule has 0 amide bonds. The molecule has 0 saturated heterocycles. The molecule has 2 rings (SSSR count). The molecule has 5 heteroatoms. The normalized spacial score (nSPS) is 10.4. The van der Waals surface area contributed by atoms with E-state index < -0.39 is 5.82 Å². The molecule has 2 aromatic rings. The Labute approximate surface area is 92.0 Å². The molecule has 0 unspecified atom stereocenters. The topological polar surface area (TPSA) is 48.2 Å². The monoisotopic (exact) mass is 222 g/mol. The first kappa shape index (κ1) is 10.6. The van der Waals surface area contributed by atoms with Crippen LogP contribution in [0.2, 0.25) is 0 Å². The predicted molar refractivity (Wildman–Crippen MR) is 54.5 cm³/mol. The second kappa shape index (κ2) is 4.30. The highest BCUT2D eigenvalue weighted by Gasteiger charge is 2.07. The molecule has 0 aliphatic rings. The predicted octanol–water partition coefficient (Wildman–Crippen LogP) is 2.40. The van der Waals surface area contributed by atoms with Crippen molar-refractivity contribution >= 4 is 0 Å². The number of rotatable bonds is 3. The minimum absolute atomic E-state index is 0.0706. The Bertz CT molecular complexity index is 496. The van der Waals surface area contributed by atoms with Crippen LogP contribution in [0.25, 0.3) is 0 Å². The van der Waals surface area contributed by atoms with Crippen LogP contribution in [-0.2, 0) is 6.61 Å². The van der Waals surface area contributed by atoms with Crippen molar-refractivity contribution < 1.29 is 13.7 Å². The summed E-state index contributed by atoms with van der Waals surface area (Å²) in [6, 6.07) is 4.67. The van der Waals surface area contributed by atoms with E-state index >= 15 is 0 Å². The molecule has 0 saturated carbocycles. The number of ether oxygens (including phenoxy) is 1. The number of hydrogen-bond donors (Lipinski definition) is 0. The largest absolute Gasteiger partial charge is 0.481 e. The maximum Gasteiger partial charge on any atom is 0.264 e. The summed E-state index contributed by atoms with van der Waals surface area (Å²) in [6.45, 7) is 3.64. The van der Waals surface area contributed by atoms with E-state index in [9.17, 15) is 4.39 Å². The van der Waals surface area contributed by atoms with Crippen molar-refractivity contribution in [1.29, 1.82) is 0 Å². The molecule has 0 N–H and O–H groups in total. The molecule has 1 aromatic heterocycles. The van der Waals surface area contributed by atoms with Crippen molar-refractivity contribution in [2.75, 3.05) is 0 Å². The second-order valence-corrected chi connectivity index (χ2v) is 3.46. The second-order valence-electron chi connectivity index (χ2n) is 3.46. The number of aryl methyl sites for hydroxylation is 2. The molecule has 0 aliphatic heterocycles. The lowest BCUT2D eigenvalue weighted by atomic mass is 10.2. The summed E-state index contributed by atoms with van der Waals surface area (Å²) < 4.78 is 23.4. The SMILES string of the molecule is Cc1ccc(F)c(OCc2nc(C)no2)c1. The summed E-state index contributed by atoms with van der Waals surface area (Å²) in [4.78, 5) is 3.95. The highest BCUT2D eigenvalue weighted by Crippen LogP contribution is 2.19. The summed E-state index contributed by atoms with van der Waals surface area (Å²) in [6.07, 6.45) is 0. The summed E-state index contributed by atoms with van der Waals surface area (Å²) in [5.74, 6) is 0.652. The molecule has 0 fully saturated rings. The van der Waals surface area contributed by atoms with E-state index in [0.29, 0.717) is 11.7 Å². The van der Waals surface area contributed by atoms with Crippen LogP contribution >= 0.6 is 0 Å². The van der Waals surface area contributed by atoms with E-state index in [-0.39, 0.29) is 12.4 Å². The van der Waals surface area contributed by atoms with Gasteiger partial charge in [-0.2, -0.15) is 4.98 Å². The zero-order valence-corrected chi connectivity index (χ0v) is 9.03. The number of benzene rings is 1. The smallest absolute Gasteiger partial charge is 0.264 e. The van der Waals surface area contributed by atoms with E-state index in [2.05, 4.69) is 10.1 Å². The zero-order valence-electron chi connectivity index (χ0n) is 9.03. The minimum atomic E-state index is -0.401. The van der Waals surface area contributed by atoms with Crippen LogP contribution in [-0.4, -0.2) is 10.1 Å².